The van der Waals surface area contributed by atoms with Gasteiger partial charge in [-0.05, 0) is 96.3 Å². The standard InChI is InChI=1S/C50H91NO5/c1-3-5-7-9-11-13-14-15-16-17-18-19-20-24-28-32-36-40-44-50(55)56-45-41-37-33-29-25-22-21-23-27-31-35-39-43-49(54)51-47(46-52)48(53)42-38-34-30-26-12-10-8-6-4-2/h13-14,16-17,22,25,38,42,47-48,52-53H,3-12,15,18-21,23-24,26-37,39-41,43-46H2,1-2H3,(H,51,54)/b14-13-,17-16-,25-22-,42-38+. The van der Waals surface area contributed by atoms with E-state index in [0.717, 1.165) is 96.3 Å². The fourth-order valence-electron chi connectivity index (χ4n) is 6.83. The van der Waals surface area contributed by atoms with Gasteiger partial charge in [0.2, 0.25) is 5.91 Å². The van der Waals surface area contributed by atoms with Crippen LogP contribution in [0.1, 0.15) is 232 Å². The fourth-order valence-corrected chi connectivity index (χ4v) is 6.83. The first-order valence-electron chi connectivity index (χ1n) is 23.9. The van der Waals surface area contributed by atoms with E-state index in [4.69, 9.17) is 4.74 Å². The van der Waals surface area contributed by atoms with Gasteiger partial charge in [0.25, 0.3) is 0 Å². The molecule has 2 atom stereocenters. The van der Waals surface area contributed by atoms with Gasteiger partial charge in [0.05, 0.1) is 25.4 Å². The minimum atomic E-state index is -0.859. The van der Waals surface area contributed by atoms with Crippen LogP contribution in [0.15, 0.2) is 48.6 Å². The molecule has 0 heterocycles. The lowest BCUT2D eigenvalue weighted by molar-refractivity contribution is -0.143. The molecule has 0 saturated carbocycles. The molecule has 326 valence electrons. The monoisotopic (exact) mass is 786 g/mol. The molecular weight excluding hydrogens is 695 g/mol. The normalized spacial score (nSPS) is 13.1. The van der Waals surface area contributed by atoms with Crippen LogP contribution < -0.4 is 5.32 Å². The number of esters is 1. The molecule has 6 heteroatoms. The second kappa shape index (κ2) is 45.5. The van der Waals surface area contributed by atoms with Crippen LogP contribution in [0.2, 0.25) is 0 Å². The fraction of sp³-hybridized carbons (Fsp3) is 0.800. The number of aliphatic hydroxyl groups excluding tert-OH is 2. The van der Waals surface area contributed by atoms with E-state index >= 15 is 0 Å². The molecule has 0 bridgehead atoms. The predicted octanol–water partition coefficient (Wildman–Crippen LogP) is 13.9. The SMILES string of the molecule is CCCCCC/C=C\C/C=C\CCCCCCCCCC(=O)OCCCCC/C=C\CCCCCCCC(=O)NC(CO)C(O)/C=C/CCCCCCCCC. The Hall–Kier alpha value is -2.18. The van der Waals surface area contributed by atoms with E-state index in [1.807, 2.05) is 6.08 Å². The smallest absolute Gasteiger partial charge is 0.305 e. The zero-order chi connectivity index (χ0) is 40.8. The van der Waals surface area contributed by atoms with E-state index in [0.29, 0.717) is 19.4 Å². The number of amides is 1. The molecule has 0 aromatic heterocycles. The molecule has 0 aromatic rings. The van der Waals surface area contributed by atoms with Crippen molar-refractivity contribution in [2.24, 2.45) is 0 Å². The summed E-state index contributed by atoms with van der Waals surface area (Å²) in [5.41, 5.74) is 0. The van der Waals surface area contributed by atoms with Crippen LogP contribution in [0, 0.1) is 0 Å². The Kier molecular flexibility index (Phi) is 43.7. The molecule has 0 aliphatic carbocycles. The van der Waals surface area contributed by atoms with Crippen LogP contribution in [-0.4, -0.2) is 47.4 Å². The largest absolute Gasteiger partial charge is 0.466 e. The van der Waals surface area contributed by atoms with Crippen molar-refractivity contribution in [1.82, 2.24) is 5.32 Å². The van der Waals surface area contributed by atoms with E-state index in [1.54, 1.807) is 6.08 Å². The zero-order valence-electron chi connectivity index (χ0n) is 36.8. The molecule has 0 spiro atoms. The highest BCUT2D eigenvalue weighted by atomic mass is 16.5. The van der Waals surface area contributed by atoms with Gasteiger partial charge in [0, 0.05) is 12.8 Å². The van der Waals surface area contributed by atoms with E-state index in [-0.39, 0.29) is 18.5 Å². The Balaban J connectivity index is 3.52. The third-order valence-electron chi connectivity index (χ3n) is 10.6. The van der Waals surface area contributed by atoms with E-state index < -0.39 is 12.1 Å². The first-order valence-corrected chi connectivity index (χ1v) is 23.9. The van der Waals surface area contributed by atoms with Crippen molar-refractivity contribution in [3.63, 3.8) is 0 Å². The summed E-state index contributed by atoms with van der Waals surface area (Å²) in [6.45, 7) is 4.77. The molecule has 0 aliphatic heterocycles. The molecule has 56 heavy (non-hydrogen) atoms. The van der Waals surface area contributed by atoms with Gasteiger partial charge in [0.15, 0.2) is 0 Å². The molecule has 0 fully saturated rings. The molecule has 3 N–H and O–H groups in total. The lowest BCUT2D eigenvalue weighted by Gasteiger charge is -2.20. The molecule has 0 aliphatic rings. The van der Waals surface area contributed by atoms with Crippen molar-refractivity contribution in [2.45, 2.75) is 244 Å². The van der Waals surface area contributed by atoms with Gasteiger partial charge in [-0.25, -0.2) is 0 Å². The summed E-state index contributed by atoms with van der Waals surface area (Å²) in [4.78, 5) is 24.4. The second-order valence-electron chi connectivity index (χ2n) is 16.1. The average molecular weight is 786 g/mol. The van der Waals surface area contributed by atoms with Crippen molar-refractivity contribution >= 4 is 11.9 Å². The summed E-state index contributed by atoms with van der Waals surface area (Å²) in [6, 6.07) is -0.645. The Morgan fingerprint density at radius 3 is 1.39 bits per heavy atom. The Morgan fingerprint density at radius 2 is 0.893 bits per heavy atom. The molecule has 6 nitrogen and oxygen atoms in total. The molecule has 0 aromatic carbocycles. The maximum absolute atomic E-state index is 12.3. The van der Waals surface area contributed by atoms with Crippen LogP contribution in [0.5, 0.6) is 0 Å². The maximum Gasteiger partial charge on any atom is 0.305 e. The molecule has 0 rings (SSSR count). The van der Waals surface area contributed by atoms with Gasteiger partial charge in [-0.1, -0.05) is 172 Å². The number of hydrogen-bond donors (Lipinski definition) is 3. The van der Waals surface area contributed by atoms with Crippen molar-refractivity contribution in [3.05, 3.63) is 48.6 Å². The summed E-state index contributed by atoms with van der Waals surface area (Å²) >= 11 is 0. The second-order valence-corrected chi connectivity index (χ2v) is 16.1. The Labute approximate surface area is 346 Å². The lowest BCUT2D eigenvalue weighted by Crippen LogP contribution is -2.45. The van der Waals surface area contributed by atoms with Gasteiger partial charge in [-0.15, -0.1) is 0 Å². The number of allylic oxidation sites excluding steroid dienone is 7. The van der Waals surface area contributed by atoms with Crippen molar-refractivity contribution in [3.8, 4) is 0 Å². The molecule has 1 amide bonds. The number of carbonyl (C=O) groups excluding carboxylic acids is 2. The average Bonchev–Trinajstić information content (AvgIpc) is 3.20. The Morgan fingerprint density at radius 1 is 0.500 bits per heavy atom. The zero-order valence-corrected chi connectivity index (χ0v) is 36.8. The van der Waals surface area contributed by atoms with Crippen molar-refractivity contribution < 1.29 is 24.5 Å². The van der Waals surface area contributed by atoms with E-state index in [9.17, 15) is 19.8 Å². The molecule has 0 radical (unpaired) electrons. The topological polar surface area (TPSA) is 95.9 Å². The minimum Gasteiger partial charge on any atom is -0.466 e. The van der Waals surface area contributed by atoms with Crippen molar-refractivity contribution in [2.75, 3.05) is 13.2 Å². The number of carbonyl (C=O) groups is 2. The number of nitrogens with one attached hydrogen (secondary N) is 1. The number of ether oxygens (including phenoxy) is 1. The van der Waals surface area contributed by atoms with Gasteiger partial charge in [-0.3, -0.25) is 9.59 Å². The van der Waals surface area contributed by atoms with Crippen LogP contribution >= 0.6 is 0 Å². The molecule has 0 saturated heterocycles. The van der Waals surface area contributed by atoms with Gasteiger partial charge in [0.1, 0.15) is 0 Å². The summed E-state index contributed by atoms with van der Waals surface area (Å²) < 4.78 is 5.44. The predicted molar refractivity (Wildman–Crippen MR) is 241 cm³/mol. The summed E-state index contributed by atoms with van der Waals surface area (Å²) in [5.74, 6) is -0.132. The Bertz CT molecular complexity index is 957. The van der Waals surface area contributed by atoms with Crippen LogP contribution in [0.3, 0.4) is 0 Å². The van der Waals surface area contributed by atoms with Crippen molar-refractivity contribution in [1.29, 1.82) is 0 Å². The highest BCUT2D eigenvalue weighted by Gasteiger charge is 2.18. The number of hydrogen-bond acceptors (Lipinski definition) is 5. The van der Waals surface area contributed by atoms with Gasteiger partial charge >= 0.3 is 5.97 Å². The summed E-state index contributed by atoms with van der Waals surface area (Å²) in [5, 5.41) is 22.8. The van der Waals surface area contributed by atoms with Gasteiger partial charge in [-0.2, -0.15) is 0 Å². The van der Waals surface area contributed by atoms with Crippen LogP contribution in [0.25, 0.3) is 0 Å². The minimum absolute atomic E-state index is 0.0334. The van der Waals surface area contributed by atoms with E-state index in [1.165, 1.54) is 109 Å². The third kappa shape index (κ3) is 41.5. The summed E-state index contributed by atoms with van der Waals surface area (Å²) in [7, 11) is 0. The van der Waals surface area contributed by atoms with Gasteiger partial charge < -0.3 is 20.3 Å². The quantitative estimate of drug-likeness (QED) is 0.0325. The first-order chi connectivity index (χ1) is 27.5. The highest BCUT2D eigenvalue weighted by Crippen LogP contribution is 2.13. The lowest BCUT2D eigenvalue weighted by atomic mass is 10.1. The van der Waals surface area contributed by atoms with E-state index in [2.05, 4.69) is 55.6 Å². The first kappa shape index (κ1) is 53.8. The molecular formula is C50H91NO5. The number of aliphatic hydroxyl groups is 2. The summed E-state index contributed by atoms with van der Waals surface area (Å²) in [6.07, 6.45) is 55.4. The van der Waals surface area contributed by atoms with Crippen LogP contribution in [0.4, 0.5) is 0 Å². The number of unbranched alkanes of at least 4 members (excludes halogenated alkanes) is 26. The van der Waals surface area contributed by atoms with Crippen LogP contribution in [-0.2, 0) is 14.3 Å². The maximum atomic E-state index is 12.3. The highest BCUT2D eigenvalue weighted by molar-refractivity contribution is 5.76. The molecule has 2 unspecified atom stereocenters. The third-order valence-corrected chi connectivity index (χ3v) is 10.6. The number of rotatable bonds is 43.